The molecule has 0 spiro atoms. The zero-order valence-corrected chi connectivity index (χ0v) is 12.2. The van der Waals surface area contributed by atoms with Crippen LogP contribution in [0.2, 0.25) is 5.02 Å². The van der Waals surface area contributed by atoms with Crippen molar-refractivity contribution in [2.45, 2.75) is 0 Å². The van der Waals surface area contributed by atoms with E-state index in [0.717, 1.165) is 4.47 Å². The van der Waals surface area contributed by atoms with Crippen LogP contribution in [-0.4, -0.2) is 48.3 Å². The molecule has 1 fully saturated rings. The SMILES string of the molecule is CN1CCN(C(=O)c2ccc(Br)c(Cl)c2)CC1=O. The molecule has 1 aliphatic rings. The first-order valence-corrected chi connectivity index (χ1v) is 6.64. The lowest BCUT2D eigenvalue weighted by Crippen LogP contribution is -2.50. The molecule has 1 heterocycles. The van der Waals surface area contributed by atoms with E-state index >= 15 is 0 Å². The molecule has 0 atom stereocenters. The van der Waals surface area contributed by atoms with Gasteiger partial charge in [0.05, 0.1) is 5.02 Å². The van der Waals surface area contributed by atoms with Crippen molar-refractivity contribution in [1.82, 2.24) is 9.80 Å². The van der Waals surface area contributed by atoms with E-state index in [4.69, 9.17) is 11.6 Å². The molecule has 2 rings (SSSR count). The molecule has 0 N–H and O–H groups in total. The lowest BCUT2D eigenvalue weighted by atomic mass is 10.2. The van der Waals surface area contributed by atoms with Crippen molar-refractivity contribution in [3.05, 3.63) is 33.3 Å². The van der Waals surface area contributed by atoms with Gasteiger partial charge in [0.2, 0.25) is 5.91 Å². The van der Waals surface area contributed by atoms with Gasteiger partial charge in [-0.05, 0) is 34.1 Å². The molecule has 1 aromatic rings. The lowest BCUT2D eigenvalue weighted by molar-refractivity contribution is -0.133. The third kappa shape index (κ3) is 2.67. The number of hydrogen-bond acceptors (Lipinski definition) is 2. The van der Waals surface area contributed by atoms with Crippen molar-refractivity contribution in [3.63, 3.8) is 0 Å². The van der Waals surface area contributed by atoms with Crippen LogP contribution in [-0.2, 0) is 4.79 Å². The molecule has 4 nitrogen and oxygen atoms in total. The number of piperazine rings is 1. The highest BCUT2D eigenvalue weighted by atomic mass is 79.9. The summed E-state index contributed by atoms with van der Waals surface area (Å²) in [5.74, 6) is -0.205. The molecule has 0 aromatic heterocycles. The Morgan fingerprint density at radius 3 is 2.72 bits per heavy atom. The quantitative estimate of drug-likeness (QED) is 0.790. The van der Waals surface area contributed by atoms with Crippen LogP contribution in [0.3, 0.4) is 0 Å². The number of carbonyl (C=O) groups is 2. The third-order valence-corrected chi connectivity index (χ3v) is 4.14. The fourth-order valence-corrected chi connectivity index (χ4v) is 2.17. The predicted octanol–water partition coefficient (Wildman–Crippen LogP) is 2.02. The van der Waals surface area contributed by atoms with Gasteiger partial charge >= 0.3 is 0 Å². The summed E-state index contributed by atoms with van der Waals surface area (Å²) in [6.07, 6.45) is 0. The maximum atomic E-state index is 12.2. The van der Waals surface area contributed by atoms with Gasteiger partial charge < -0.3 is 9.80 Å². The second kappa shape index (κ2) is 5.28. The van der Waals surface area contributed by atoms with Crippen molar-refractivity contribution in [2.75, 3.05) is 26.7 Å². The summed E-state index contributed by atoms with van der Waals surface area (Å²) in [4.78, 5) is 26.9. The topological polar surface area (TPSA) is 40.6 Å². The van der Waals surface area contributed by atoms with Gasteiger partial charge in [0, 0.05) is 30.2 Å². The molecule has 0 saturated carbocycles. The van der Waals surface area contributed by atoms with Crippen LogP contribution < -0.4 is 0 Å². The average Bonchev–Trinajstić information content (AvgIpc) is 2.35. The van der Waals surface area contributed by atoms with Gasteiger partial charge in [0.15, 0.2) is 0 Å². The van der Waals surface area contributed by atoms with E-state index in [1.807, 2.05) is 0 Å². The molecule has 1 aromatic carbocycles. The highest BCUT2D eigenvalue weighted by Crippen LogP contribution is 2.24. The van der Waals surface area contributed by atoms with Gasteiger partial charge in [-0.2, -0.15) is 0 Å². The van der Waals surface area contributed by atoms with Crippen LogP contribution >= 0.6 is 27.5 Å². The van der Waals surface area contributed by atoms with E-state index in [-0.39, 0.29) is 18.4 Å². The monoisotopic (exact) mass is 330 g/mol. The Labute approximate surface area is 119 Å². The number of benzene rings is 1. The Morgan fingerprint density at radius 2 is 2.11 bits per heavy atom. The lowest BCUT2D eigenvalue weighted by Gasteiger charge is -2.32. The first-order valence-electron chi connectivity index (χ1n) is 5.47. The first kappa shape index (κ1) is 13.4. The largest absolute Gasteiger partial charge is 0.342 e. The minimum atomic E-state index is -0.161. The highest BCUT2D eigenvalue weighted by Gasteiger charge is 2.25. The summed E-state index contributed by atoms with van der Waals surface area (Å²) in [6, 6.07) is 5.03. The van der Waals surface area contributed by atoms with E-state index < -0.39 is 0 Å². The zero-order chi connectivity index (χ0) is 13.3. The molecule has 0 bridgehead atoms. The fraction of sp³-hybridized carbons (Fsp3) is 0.333. The van der Waals surface area contributed by atoms with Crippen LogP contribution in [0.15, 0.2) is 22.7 Å². The molecular formula is C12H12BrClN2O2. The van der Waals surface area contributed by atoms with E-state index in [1.54, 1.807) is 35.0 Å². The summed E-state index contributed by atoms with van der Waals surface area (Å²) in [5.41, 5.74) is 0.501. The van der Waals surface area contributed by atoms with E-state index in [1.165, 1.54) is 0 Å². The van der Waals surface area contributed by atoms with Crippen LogP contribution in [0.1, 0.15) is 10.4 Å². The maximum Gasteiger partial charge on any atom is 0.254 e. The second-order valence-corrected chi connectivity index (χ2v) is 5.43. The molecule has 96 valence electrons. The number of likely N-dealkylation sites (N-methyl/N-ethyl adjacent to an activating group) is 1. The molecule has 0 aliphatic carbocycles. The summed E-state index contributed by atoms with van der Waals surface area (Å²) in [6.45, 7) is 1.24. The van der Waals surface area contributed by atoms with Crippen LogP contribution in [0.25, 0.3) is 0 Å². The Bertz CT molecular complexity index is 507. The van der Waals surface area contributed by atoms with Gasteiger partial charge in [-0.15, -0.1) is 0 Å². The van der Waals surface area contributed by atoms with Crippen molar-refractivity contribution in [3.8, 4) is 0 Å². The Kier molecular flexibility index (Phi) is 3.92. The Hall–Kier alpha value is -1.07. The molecule has 1 saturated heterocycles. The predicted molar refractivity (Wildman–Crippen MR) is 72.7 cm³/mol. The first-order chi connectivity index (χ1) is 8.49. The summed E-state index contributed by atoms with van der Waals surface area (Å²) < 4.78 is 0.746. The van der Waals surface area contributed by atoms with E-state index in [9.17, 15) is 9.59 Å². The molecule has 0 unspecified atom stereocenters. The van der Waals surface area contributed by atoms with Crippen molar-refractivity contribution in [1.29, 1.82) is 0 Å². The minimum Gasteiger partial charge on any atom is -0.342 e. The number of carbonyl (C=O) groups excluding carboxylic acids is 2. The fourth-order valence-electron chi connectivity index (χ4n) is 1.74. The second-order valence-electron chi connectivity index (χ2n) is 4.17. The van der Waals surface area contributed by atoms with Crippen molar-refractivity contribution < 1.29 is 9.59 Å². The molecule has 1 aliphatic heterocycles. The van der Waals surface area contributed by atoms with Crippen LogP contribution in [0.4, 0.5) is 0 Å². The van der Waals surface area contributed by atoms with Crippen LogP contribution in [0, 0.1) is 0 Å². The summed E-state index contributed by atoms with van der Waals surface area (Å²) >= 11 is 9.23. The molecule has 2 amide bonds. The summed E-state index contributed by atoms with van der Waals surface area (Å²) in [5, 5.41) is 0.487. The number of halogens is 2. The molecule has 6 heteroatoms. The van der Waals surface area contributed by atoms with E-state index in [0.29, 0.717) is 23.7 Å². The zero-order valence-electron chi connectivity index (χ0n) is 9.82. The molecular weight excluding hydrogens is 320 g/mol. The van der Waals surface area contributed by atoms with Gasteiger partial charge in [0.1, 0.15) is 6.54 Å². The van der Waals surface area contributed by atoms with Gasteiger partial charge in [0.25, 0.3) is 5.91 Å². The normalized spacial score (nSPS) is 16.1. The number of hydrogen-bond donors (Lipinski definition) is 0. The Morgan fingerprint density at radius 1 is 1.39 bits per heavy atom. The Balaban J connectivity index is 2.16. The smallest absolute Gasteiger partial charge is 0.254 e. The summed E-state index contributed by atoms with van der Waals surface area (Å²) in [7, 11) is 1.74. The number of rotatable bonds is 1. The third-order valence-electron chi connectivity index (χ3n) is 2.91. The number of amides is 2. The standard InChI is InChI=1S/C12H12BrClN2O2/c1-15-4-5-16(7-11(15)17)12(18)8-2-3-9(13)10(14)6-8/h2-3,6H,4-5,7H2,1H3. The van der Waals surface area contributed by atoms with Crippen LogP contribution in [0.5, 0.6) is 0 Å². The van der Waals surface area contributed by atoms with Crippen molar-refractivity contribution >= 4 is 39.3 Å². The molecule has 18 heavy (non-hydrogen) atoms. The molecule has 0 radical (unpaired) electrons. The van der Waals surface area contributed by atoms with Gasteiger partial charge in [-0.3, -0.25) is 9.59 Å². The maximum absolute atomic E-state index is 12.2. The van der Waals surface area contributed by atoms with Crippen molar-refractivity contribution in [2.24, 2.45) is 0 Å². The van der Waals surface area contributed by atoms with E-state index in [2.05, 4.69) is 15.9 Å². The highest BCUT2D eigenvalue weighted by molar-refractivity contribution is 9.10. The minimum absolute atomic E-state index is 0.0437. The van der Waals surface area contributed by atoms with Gasteiger partial charge in [-0.25, -0.2) is 0 Å². The average molecular weight is 332 g/mol. The number of nitrogens with zero attached hydrogens (tertiary/aromatic N) is 2. The van der Waals surface area contributed by atoms with Gasteiger partial charge in [-0.1, -0.05) is 11.6 Å².